The van der Waals surface area contributed by atoms with E-state index in [1.165, 1.54) is 25.7 Å². The molecule has 120 valence electrons. The van der Waals surface area contributed by atoms with Gasteiger partial charge in [0.2, 0.25) is 5.91 Å². The summed E-state index contributed by atoms with van der Waals surface area (Å²) in [5.41, 5.74) is -0.300. The van der Waals surface area contributed by atoms with Crippen molar-refractivity contribution >= 4 is 11.9 Å². The quantitative estimate of drug-likeness (QED) is 0.816. The van der Waals surface area contributed by atoms with Gasteiger partial charge in [-0.2, -0.15) is 0 Å². The minimum absolute atomic E-state index is 0.0666. The molecular formula is C17H29NO3. The summed E-state index contributed by atoms with van der Waals surface area (Å²) in [5.74, 6) is -0.155. The first kappa shape index (κ1) is 16.3. The Morgan fingerprint density at radius 2 is 1.71 bits per heavy atom. The summed E-state index contributed by atoms with van der Waals surface area (Å²) < 4.78 is 0. The van der Waals surface area contributed by atoms with Crippen LogP contribution in [0.2, 0.25) is 0 Å². The molecule has 0 heterocycles. The second-order valence-corrected chi connectivity index (χ2v) is 7.24. The van der Waals surface area contributed by atoms with Gasteiger partial charge in [0.15, 0.2) is 0 Å². The summed E-state index contributed by atoms with van der Waals surface area (Å²) in [7, 11) is 0. The number of carboxylic acid groups (broad SMARTS) is 1. The highest BCUT2D eigenvalue weighted by molar-refractivity contribution is 5.78. The average Bonchev–Trinajstić information content (AvgIpc) is 2.41. The minimum Gasteiger partial charge on any atom is -0.481 e. The highest BCUT2D eigenvalue weighted by atomic mass is 16.4. The molecule has 0 spiro atoms. The third-order valence-electron chi connectivity index (χ3n) is 5.43. The van der Waals surface area contributed by atoms with E-state index in [4.69, 9.17) is 0 Å². The van der Waals surface area contributed by atoms with Crippen LogP contribution in [0.4, 0.5) is 0 Å². The number of carbonyl (C=O) groups is 2. The Hall–Kier alpha value is -1.06. The smallest absolute Gasteiger partial charge is 0.303 e. The molecule has 2 atom stereocenters. The molecule has 2 saturated carbocycles. The fourth-order valence-corrected chi connectivity index (χ4v) is 4.17. The fourth-order valence-electron chi connectivity index (χ4n) is 4.17. The lowest BCUT2D eigenvalue weighted by Gasteiger charge is -2.37. The first-order valence-corrected chi connectivity index (χ1v) is 8.52. The molecular weight excluding hydrogens is 266 g/mol. The molecule has 0 aliphatic heterocycles. The summed E-state index contributed by atoms with van der Waals surface area (Å²) in [6, 6.07) is 0.289. The molecule has 0 aromatic rings. The number of hydrogen-bond acceptors (Lipinski definition) is 2. The monoisotopic (exact) mass is 295 g/mol. The standard InChI is InChI=1S/C17H29NO3/c1-13-7-3-4-8-14(13)18-15(19)11-17(12-16(20)21)9-5-2-6-10-17/h13-14H,2-12H2,1H3,(H,18,19)(H,20,21). The zero-order valence-electron chi connectivity index (χ0n) is 13.2. The second kappa shape index (κ2) is 7.28. The van der Waals surface area contributed by atoms with Crippen LogP contribution < -0.4 is 5.32 Å². The second-order valence-electron chi connectivity index (χ2n) is 7.24. The van der Waals surface area contributed by atoms with Gasteiger partial charge in [-0.15, -0.1) is 0 Å². The van der Waals surface area contributed by atoms with Crippen LogP contribution in [0.3, 0.4) is 0 Å². The molecule has 21 heavy (non-hydrogen) atoms. The van der Waals surface area contributed by atoms with E-state index in [1.54, 1.807) is 0 Å². The van der Waals surface area contributed by atoms with Gasteiger partial charge < -0.3 is 10.4 Å². The highest BCUT2D eigenvalue weighted by Crippen LogP contribution is 2.42. The van der Waals surface area contributed by atoms with Crippen molar-refractivity contribution in [3.05, 3.63) is 0 Å². The average molecular weight is 295 g/mol. The number of amides is 1. The van der Waals surface area contributed by atoms with Gasteiger partial charge in [-0.05, 0) is 37.0 Å². The molecule has 2 fully saturated rings. The van der Waals surface area contributed by atoms with Crippen LogP contribution in [0, 0.1) is 11.3 Å². The van der Waals surface area contributed by atoms with Crippen molar-refractivity contribution in [2.45, 2.75) is 83.6 Å². The molecule has 0 bridgehead atoms. The van der Waals surface area contributed by atoms with Crippen molar-refractivity contribution < 1.29 is 14.7 Å². The number of nitrogens with one attached hydrogen (secondary N) is 1. The summed E-state index contributed by atoms with van der Waals surface area (Å²) >= 11 is 0. The zero-order valence-corrected chi connectivity index (χ0v) is 13.2. The third kappa shape index (κ3) is 4.72. The van der Waals surface area contributed by atoms with Gasteiger partial charge in [-0.25, -0.2) is 0 Å². The maximum atomic E-state index is 12.4. The maximum absolute atomic E-state index is 12.4. The van der Waals surface area contributed by atoms with Gasteiger partial charge in [0.1, 0.15) is 0 Å². The molecule has 2 rings (SSSR count). The van der Waals surface area contributed by atoms with Crippen molar-refractivity contribution in [1.82, 2.24) is 5.32 Å². The van der Waals surface area contributed by atoms with E-state index in [2.05, 4.69) is 12.2 Å². The van der Waals surface area contributed by atoms with Crippen molar-refractivity contribution in [2.75, 3.05) is 0 Å². The molecule has 0 saturated heterocycles. The van der Waals surface area contributed by atoms with E-state index < -0.39 is 5.97 Å². The van der Waals surface area contributed by atoms with Crippen molar-refractivity contribution in [2.24, 2.45) is 11.3 Å². The normalized spacial score (nSPS) is 28.8. The van der Waals surface area contributed by atoms with Crippen LogP contribution in [-0.4, -0.2) is 23.0 Å². The zero-order chi connectivity index (χ0) is 15.3. The molecule has 2 aliphatic rings. The first-order chi connectivity index (χ1) is 10.0. The number of aliphatic carboxylic acids is 1. The number of rotatable bonds is 5. The molecule has 4 heteroatoms. The van der Waals surface area contributed by atoms with Gasteiger partial charge in [0.05, 0.1) is 6.42 Å². The lowest BCUT2D eigenvalue weighted by molar-refractivity contribution is -0.141. The Balaban J connectivity index is 1.92. The highest BCUT2D eigenvalue weighted by Gasteiger charge is 2.37. The van der Waals surface area contributed by atoms with E-state index in [0.717, 1.165) is 32.1 Å². The summed E-state index contributed by atoms with van der Waals surface area (Å²) in [4.78, 5) is 23.6. The van der Waals surface area contributed by atoms with Crippen LogP contribution in [0.15, 0.2) is 0 Å². The molecule has 2 unspecified atom stereocenters. The van der Waals surface area contributed by atoms with Gasteiger partial charge in [0, 0.05) is 12.5 Å². The van der Waals surface area contributed by atoms with E-state index in [1.807, 2.05) is 0 Å². The van der Waals surface area contributed by atoms with E-state index in [9.17, 15) is 14.7 Å². The van der Waals surface area contributed by atoms with Crippen LogP contribution >= 0.6 is 0 Å². The van der Waals surface area contributed by atoms with Gasteiger partial charge >= 0.3 is 5.97 Å². The first-order valence-electron chi connectivity index (χ1n) is 8.52. The van der Waals surface area contributed by atoms with E-state index in [-0.39, 0.29) is 23.8 Å². The van der Waals surface area contributed by atoms with Crippen molar-refractivity contribution in [3.63, 3.8) is 0 Å². The molecule has 0 aromatic carbocycles. The maximum Gasteiger partial charge on any atom is 0.303 e. The minimum atomic E-state index is -0.768. The van der Waals surface area contributed by atoms with E-state index in [0.29, 0.717) is 12.3 Å². The number of hydrogen-bond donors (Lipinski definition) is 2. The lowest BCUT2D eigenvalue weighted by atomic mass is 9.69. The van der Waals surface area contributed by atoms with Crippen molar-refractivity contribution in [3.8, 4) is 0 Å². The Labute approximate surface area is 127 Å². The Morgan fingerprint density at radius 1 is 1.05 bits per heavy atom. The molecule has 0 aromatic heterocycles. The third-order valence-corrected chi connectivity index (χ3v) is 5.43. The summed E-state index contributed by atoms with van der Waals surface area (Å²) in [6.07, 6.45) is 10.3. The fraction of sp³-hybridized carbons (Fsp3) is 0.882. The predicted octanol–water partition coefficient (Wildman–Crippen LogP) is 3.50. The van der Waals surface area contributed by atoms with Gasteiger partial charge in [-0.1, -0.05) is 39.0 Å². The van der Waals surface area contributed by atoms with Crippen molar-refractivity contribution in [1.29, 1.82) is 0 Å². The number of carbonyl (C=O) groups excluding carboxylic acids is 1. The van der Waals surface area contributed by atoms with Crippen LogP contribution in [-0.2, 0) is 9.59 Å². The molecule has 4 nitrogen and oxygen atoms in total. The van der Waals surface area contributed by atoms with Gasteiger partial charge in [-0.3, -0.25) is 9.59 Å². The summed E-state index contributed by atoms with van der Waals surface area (Å²) in [6.45, 7) is 2.21. The Bertz CT molecular complexity index is 374. The molecule has 2 aliphatic carbocycles. The summed E-state index contributed by atoms with van der Waals surface area (Å²) in [5, 5.41) is 12.4. The molecule has 0 radical (unpaired) electrons. The van der Waals surface area contributed by atoms with E-state index >= 15 is 0 Å². The largest absolute Gasteiger partial charge is 0.481 e. The lowest BCUT2D eigenvalue weighted by Crippen LogP contribution is -2.43. The van der Waals surface area contributed by atoms with Crippen LogP contribution in [0.1, 0.15) is 77.6 Å². The topological polar surface area (TPSA) is 66.4 Å². The Kier molecular flexibility index (Phi) is 5.65. The van der Waals surface area contributed by atoms with Gasteiger partial charge in [0.25, 0.3) is 0 Å². The Morgan fingerprint density at radius 3 is 2.33 bits per heavy atom. The molecule has 1 amide bonds. The van der Waals surface area contributed by atoms with Crippen LogP contribution in [0.25, 0.3) is 0 Å². The predicted molar refractivity (Wildman–Crippen MR) is 82.0 cm³/mol. The number of carboxylic acids is 1. The SMILES string of the molecule is CC1CCCCC1NC(=O)CC1(CC(=O)O)CCCCC1. The van der Waals surface area contributed by atoms with Crippen LogP contribution in [0.5, 0.6) is 0 Å². The molecule has 2 N–H and O–H groups in total.